The summed E-state index contributed by atoms with van der Waals surface area (Å²) in [6.07, 6.45) is 3.26. The van der Waals surface area contributed by atoms with Crippen LogP contribution in [0.25, 0.3) is 0 Å². The second kappa shape index (κ2) is 7.14. The molecule has 1 aliphatic rings. The molecule has 4 nitrogen and oxygen atoms in total. The number of hydrogen-bond acceptors (Lipinski definition) is 2. The quantitative estimate of drug-likeness (QED) is 0.785. The van der Waals surface area contributed by atoms with Crippen molar-refractivity contribution in [3.8, 4) is 0 Å². The Bertz CT molecular complexity index is 555. The molecule has 0 aromatic heterocycles. The average molecular weight is 323 g/mol. The lowest BCUT2D eigenvalue weighted by Crippen LogP contribution is -2.44. The number of nitrogens with zero attached hydrogens (tertiary/aromatic N) is 1. The molecule has 5 heteroatoms. The summed E-state index contributed by atoms with van der Waals surface area (Å²) in [5, 5.41) is 3.49. The number of nitrogens with one attached hydrogen (secondary N) is 1. The second-order valence-electron chi connectivity index (χ2n) is 5.94. The molecule has 0 aliphatic heterocycles. The maximum Gasteiger partial charge on any atom is 0.238 e. The van der Waals surface area contributed by atoms with Crippen LogP contribution in [0.3, 0.4) is 0 Å². The highest BCUT2D eigenvalue weighted by molar-refractivity contribution is 6.31. The van der Waals surface area contributed by atoms with Gasteiger partial charge in [0.1, 0.15) is 5.41 Å². The number of amides is 2. The lowest BCUT2D eigenvalue weighted by atomic mass is 10.0. The highest BCUT2D eigenvalue weighted by atomic mass is 35.5. The molecular weight excluding hydrogens is 300 g/mol. The molecule has 0 saturated heterocycles. The van der Waals surface area contributed by atoms with Crippen molar-refractivity contribution in [1.82, 2.24) is 10.2 Å². The van der Waals surface area contributed by atoms with Crippen LogP contribution in [0.4, 0.5) is 0 Å². The fourth-order valence-corrected chi connectivity index (χ4v) is 2.71. The molecule has 1 N–H and O–H groups in total. The lowest BCUT2D eigenvalue weighted by Gasteiger charge is -2.23. The molecule has 22 heavy (non-hydrogen) atoms. The van der Waals surface area contributed by atoms with E-state index in [0.717, 1.165) is 18.4 Å². The average Bonchev–Trinajstić information content (AvgIpc) is 3.32. The smallest absolute Gasteiger partial charge is 0.238 e. The van der Waals surface area contributed by atoms with Gasteiger partial charge >= 0.3 is 0 Å². The molecule has 1 aromatic rings. The summed E-state index contributed by atoms with van der Waals surface area (Å²) in [5.74, 6) is -0.238. The van der Waals surface area contributed by atoms with E-state index >= 15 is 0 Å². The number of unbranched alkanes of at least 4 members (excludes halogenated alkanes) is 1. The van der Waals surface area contributed by atoms with Crippen molar-refractivity contribution in [2.45, 2.75) is 39.2 Å². The molecule has 1 aliphatic carbocycles. The van der Waals surface area contributed by atoms with Crippen molar-refractivity contribution in [1.29, 1.82) is 0 Å². The Morgan fingerprint density at radius 2 is 2.00 bits per heavy atom. The van der Waals surface area contributed by atoms with Gasteiger partial charge in [-0.25, -0.2) is 0 Å². The van der Waals surface area contributed by atoms with E-state index < -0.39 is 5.41 Å². The molecule has 120 valence electrons. The maximum atomic E-state index is 12.5. The van der Waals surface area contributed by atoms with E-state index in [9.17, 15) is 9.59 Å². The third-order valence-corrected chi connectivity index (χ3v) is 4.55. The van der Waals surface area contributed by atoms with E-state index in [1.54, 1.807) is 18.0 Å². The zero-order chi connectivity index (χ0) is 16.2. The van der Waals surface area contributed by atoms with Gasteiger partial charge in [-0.1, -0.05) is 43.1 Å². The Hall–Kier alpha value is -1.55. The molecule has 0 unspecified atom stereocenters. The summed E-state index contributed by atoms with van der Waals surface area (Å²) in [6.45, 7) is 3.14. The van der Waals surface area contributed by atoms with Gasteiger partial charge in [0.15, 0.2) is 0 Å². The van der Waals surface area contributed by atoms with Crippen molar-refractivity contribution in [2.75, 3.05) is 13.6 Å². The Labute approximate surface area is 136 Å². The van der Waals surface area contributed by atoms with E-state index in [-0.39, 0.29) is 11.8 Å². The van der Waals surface area contributed by atoms with Gasteiger partial charge in [0.2, 0.25) is 11.8 Å². The molecule has 0 atom stereocenters. The SMILES string of the molecule is CCCCN(C)C(=O)C1(C(=O)NCc2ccccc2Cl)CC1. The summed E-state index contributed by atoms with van der Waals surface area (Å²) in [4.78, 5) is 26.6. The highest BCUT2D eigenvalue weighted by Gasteiger charge is 2.57. The first-order valence-electron chi connectivity index (χ1n) is 7.78. The third-order valence-electron chi connectivity index (χ3n) is 4.19. The van der Waals surface area contributed by atoms with Crippen LogP contribution >= 0.6 is 11.6 Å². The first-order valence-corrected chi connectivity index (χ1v) is 8.16. The third kappa shape index (κ3) is 3.61. The van der Waals surface area contributed by atoms with Crippen LogP contribution in [0.5, 0.6) is 0 Å². The van der Waals surface area contributed by atoms with Gasteiger partial charge in [0.25, 0.3) is 0 Å². The van der Waals surface area contributed by atoms with Crippen LogP contribution in [-0.4, -0.2) is 30.3 Å². The van der Waals surface area contributed by atoms with Crippen molar-refractivity contribution in [3.63, 3.8) is 0 Å². The van der Waals surface area contributed by atoms with Crippen molar-refractivity contribution >= 4 is 23.4 Å². The fourth-order valence-electron chi connectivity index (χ4n) is 2.51. The van der Waals surface area contributed by atoms with Crippen LogP contribution in [0.1, 0.15) is 38.2 Å². The normalized spacial score (nSPS) is 15.2. The standard InChI is InChI=1S/C17H23ClN2O2/c1-3-4-11-20(2)16(22)17(9-10-17)15(21)19-12-13-7-5-6-8-14(13)18/h5-8H,3-4,9-12H2,1-2H3,(H,19,21). The van der Waals surface area contributed by atoms with Gasteiger partial charge in [0, 0.05) is 25.2 Å². The summed E-state index contributed by atoms with van der Waals surface area (Å²) < 4.78 is 0. The summed E-state index contributed by atoms with van der Waals surface area (Å²) in [6, 6.07) is 7.39. The Kier molecular flexibility index (Phi) is 5.46. The molecule has 2 amide bonds. The predicted octanol–water partition coefficient (Wildman–Crippen LogP) is 2.99. The van der Waals surface area contributed by atoms with Crippen LogP contribution in [0.2, 0.25) is 5.02 Å². The number of benzene rings is 1. The van der Waals surface area contributed by atoms with Gasteiger partial charge in [-0.2, -0.15) is 0 Å². The largest absolute Gasteiger partial charge is 0.351 e. The van der Waals surface area contributed by atoms with E-state index in [4.69, 9.17) is 11.6 Å². The Balaban J connectivity index is 1.94. The highest BCUT2D eigenvalue weighted by Crippen LogP contribution is 2.47. The van der Waals surface area contributed by atoms with Gasteiger partial charge < -0.3 is 10.2 Å². The molecule has 0 spiro atoms. The Morgan fingerprint density at radius 3 is 2.59 bits per heavy atom. The van der Waals surface area contributed by atoms with Crippen LogP contribution < -0.4 is 5.32 Å². The van der Waals surface area contributed by atoms with E-state index in [2.05, 4.69) is 12.2 Å². The van der Waals surface area contributed by atoms with E-state index in [1.165, 1.54) is 0 Å². The first kappa shape index (κ1) is 16.8. The maximum absolute atomic E-state index is 12.5. The minimum atomic E-state index is -0.844. The van der Waals surface area contributed by atoms with E-state index in [0.29, 0.717) is 31.0 Å². The van der Waals surface area contributed by atoms with Gasteiger partial charge in [-0.15, -0.1) is 0 Å². The van der Waals surface area contributed by atoms with Crippen molar-refractivity contribution in [3.05, 3.63) is 34.9 Å². The number of rotatable bonds is 7. The minimum absolute atomic E-state index is 0.0578. The second-order valence-corrected chi connectivity index (χ2v) is 6.34. The summed E-state index contributed by atoms with van der Waals surface area (Å²) in [5.41, 5.74) is 0.0177. The summed E-state index contributed by atoms with van der Waals surface area (Å²) in [7, 11) is 1.78. The first-order chi connectivity index (χ1) is 10.5. The predicted molar refractivity (Wildman–Crippen MR) is 87.5 cm³/mol. The van der Waals surface area contributed by atoms with Crippen LogP contribution in [0, 0.1) is 5.41 Å². The molecule has 1 fully saturated rings. The molecule has 0 heterocycles. The lowest BCUT2D eigenvalue weighted by molar-refractivity contribution is -0.143. The molecule has 0 bridgehead atoms. The van der Waals surface area contributed by atoms with Gasteiger partial charge in [0.05, 0.1) is 0 Å². The zero-order valence-corrected chi connectivity index (χ0v) is 13.9. The topological polar surface area (TPSA) is 49.4 Å². The van der Waals surface area contributed by atoms with Crippen molar-refractivity contribution < 1.29 is 9.59 Å². The fraction of sp³-hybridized carbons (Fsp3) is 0.529. The number of carbonyl (C=O) groups is 2. The summed E-state index contributed by atoms with van der Waals surface area (Å²) >= 11 is 6.08. The zero-order valence-electron chi connectivity index (χ0n) is 13.2. The number of hydrogen-bond donors (Lipinski definition) is 1. The Morgan fingerprint density at radius 1 is 1.32 bits per heavy atom. The minimum Gasteiger partial charge on any atom is -0.351 e. The van der Waals surface area contributed by atoms with E-state index in [1.807, 2.05) is 18.2 Å². The number of carbonyl (C=O) groups excluding carboxylic acids is 2. The number of halogens is 1. The van der Waals surface area contributed by atoms with Crippen molar-refractivity contribution in [2.24, 2.45) is 5.41 Å². The van der Waals surface area contributed by atoms with Gasteiger partial charge in [-0.05, 0) is 30.9 Å². The molecule has 2 rings (SSSR count). The monoisotopic (exact) mass is 322 g/mol. The van der Waals surface area contributed by atoms with Gasteiger partial charge in [-0.3, -0.25) is 9.59 Å². The molecule has 1 saturated carbocycles. The molecular formula is C17H23ClN2O2. The molecule has 1 aromatic carbocycles. The molecule has 0 radical (unpaired) electrons. The van der Waals surface area contributed by atoms with Crippen LogP contribution in [0.15, 0.2) is 24.3 Å². The van der Waals surface area contributed by atoms with Crippen LogP contribution in [-0.2, 0) is 16.1 Å².